The highest BCUT2D eigenvalue weighted by Crippen LogP contribution is 2.31. The second-order valence-electron chi connectivity index (χ2n) is 6.32. The van der Waals surface area contributed by atoms with Crippen LogP contribution in [0.1, 0.15) is 44.1 Å². The van der Waals surface area contributed by atoms with Gasteiger partial charge in [-0.2, -0.15) is 0 Å². The van der Waals surface area contributed by atoms with Crippen LogP contribution in [-0.4, -0.2) is 30.1 Å². The fourth-order valence-corrected chi connectivity index (χ4v) is 4.14. The van der Waals surface area contributed by atoms with Crippen molar-refractivity contribution in [2.24, 2.45) is 0 Å². The number of nitrogens with one attached hydrogen (secondary N) is 1. The topological polar surface area (TPSA) is 15.3 Å². The molecule has 1 aliphatic heterocycles. The summed E-state index contributed by atoms with van der Waals surface area (Å²) in [6, 6.07) is 7.35. The van der Waals surface area contributed by atoms with Gasteiger partial charge in [0.15, 0.2) is 0 Å². The SMILES string of the molecule is Clc1cccc(CN(C2CCCCC2)[C@H]2CCNC2)c1Cl. The predicted octanol–water partition coefficient (Wildman–Crippen LogP) is 4.49. The third-order valence-corrected chi connectivity index (χ3v) is 5.79. The molecule has 1 heterocycles. The normalized spacial score (nSPS) is 23.9. The molecule has 1 aromatic rings. The first-order valence-corrected chi connectivity index (χ1v) is 8.90. The van der Waals surface area contributed by atoms with Gasteiger partial charge < -0.3 is 5.32 Å². The zero-order chi connectivity index (χ0) is 14.7. The molecule has 0 radical (unpaired) electrons. The van der Waals surface area contributed by atoms with Crippen LogP contribution in [0.5, 0.6) is 0 Å². The standard InChI is InChI=1S/C17H24Cl2N2/c18-16-8-4-5-13(17(16)19)12-21(15-9-10-20-11-15)14-6-2-1-3-7-14/h4-5,8,14-15,20H,1-3,6-7,9-12H2/t15-/m0/s1. The van der Waals surface area contributed by atoms with Crippen LogP contribution in [-0.2, 0) is 6.54 Å². The molecule has 2 nitrogen and oxygen atoms in total. The summed E-state index contributed by atoms with van der Waals surface area (Å²) < 4.78 is 0. The van der Waals surface area contributed by atoms with Crippen LogP contribution >= 0.6 is 23.2 Å². The minimum absolute atomic E-state index is 0.642. The van der Waals surface area contributed by atoms with Gasteiger partial charge in [0.05, 0.1) is 10.0 Å². The van der Waals surface area contributed by atoms with Crippen LogP contribution in [0.4, 0.5) is 0 Å². The molecule has 0 spiro atoms. The number of halogens is 2. The minimum Gasteiger partial charge on any atom is -0.315 e. The van der Waals surface area contributed by atoms with Crippen molar-refractivity contribution in [1.82, 2.24) is 10.2 Å². The summed E-state index contributed by atoms with van der Waals surface area (Å²) in [4.78, 5) is 2.69. The monoisotopic (exact) mass is 326 g/mol. The van der Waals surface area contributed by atoms with Crippen LogP contribution in [0, 0.1) is 0 Å². The molecule has 1 aromatic carbocycles. The molecule has 0 bridgehead atoms. The Balaban J connectivity index is 1.79. The van der Waals surface area contributed by atoms with Crippen molar-refractivity contribution in [2.45, 2.75) is 57.2 Å². The maximum atomic E-state index is 6.41. The van der Waals surface area contributed by atoms with Gasteiger partial charge in [-0.1, -0.05) is 54.6 Å². The summed E-state index contributed by atoms with van der Waals surface area (Å²) in [5.41, 5.74) is 1.17. The van der Waals surface area contributed by atoms with E-state index in [9.17, 15) is 0 Å². The van der Waals surface area contributed by atoms with Gasteiger partial charge in [-0.25, -0.2) is 0 Å². The highest BCUT2D eigenvalue weighted by Gasteiger charge is 2.30. The average molecular weight is 327 g/mol. The molecule has 116 valence electrons. The molecule has 4 heteroatoms. The summed E-state index contributed by atoms with van der Waals surface area (Å²) in [7, 11) is 0. The van der Waals surface area contributed by atoms with Crippen molar-refractivity contribution < 1.29 is 0 Å². The third kappa shape index (κ3) is 3.73. The molecule has 1 aliphatic carbocycles. The maximum Gasteiger partial charge on any atom is 0.0637 e. The van der Waals surface area contributed by atoms with E-state index in [-0.39, 0.29) is 0 Å². The van der Waals surface area contributed by atoms with Crippen molar-refractivity contribution in [2.75, 3.05) is 13.1 Å². The quantitative estimate of drug-likeness (QED) is 0.876. The van der Waals surface area contributed by atoms with Gasteiger partial charge in [-0.05, 0) is 37.4 Å². The van der Waals surface area contributed by atoms with E-state index in [1.165, 1.54) is 44.1 Å². The number of hydrogen-bond acceptors (Lipinski definition) is 2. The zero-order valence-corrected chi connectivity index (χ0v) is 14.0. The molecular formula is C17H24Cl2N2. The van der Waals surface area contributed by atoms with Crippen molar-refractivity contribution in [3.63, 3.8) is 0 Å². The van der Waals surface area contributed by atoms with Crippen LogP contribution in [0.25, 0.3) is 0 Å². The van der Waals surface area contributed by atoms with Crippen molar-refractivity contribution in [3.8, 4) is 0 Å². The lowest BCUT2D eigenvalue weighted by Crippen LogP contribution is -2.44. The van der Waals surface area contributed by atoms with E-state index in [1.807, 2.05) is 12.1 Å². The molecule has 0 unspecified atom stereocenters. The molecule has 2 fully saturated rings. The molecule has 21 heavy (non-hydrogen) atoms. The Morgan fingerprint density at radius 3 is 2.57 bits per heavy atom. The molecule has 1 saturated heterocycles. The van der Waals surface area contributed by atoms with E-state index in [2.05, 4.69) is 16.3 Å². The predicted molar refractivity (Wildman–Crippen MR) is 90.2 cm³/mol. The Bertz CT molecular complexity index is 466. The minimum atomic E-state index is 0.642. The van der Waals surface area contributed by atoms with Gasteiger partial charge in [0.25, 0.3) is 0 Å². The summed E-state index contributed by atoms with van der Waals surface area (Å²) in [5, 5.41) is 4.90. The summed E-state index contributed by atoms with van der Waals surface area (Å²) >= 11 is 12.6. The van der Waals surface area contributed by atoms with E-state index in [0.29, 0.717) is 17.1 Å². The van der Waals surface area contributed by atoms with Crippen LogP contribution < -0.4 is 5.32 Å². The van der Waals surface area contributed by atoms with E-state index >= 15 is 0 Å². The van der Waals surface area contributed by atoms with Crippen molar-refractivity contribution in [1.29, 1.82) is 0 Å². The summed E-state index contributed by atoms with van der Waals surface area (Å²) in [6.45, 7) is 3.17. The summed E-state index contributed by atoms with van der Waals surface area (Å²) in [5.74, 6) is 0. The maximum absolute atomic E-state index is 6.41. The van der Waals surface area contributed by atoms with Gasteiger partial charge in [-0.15, -0.1) is 0 Å². The Morgan fingerprint density at radius 2 is 1.86 bits per heavy atom. The lowest BCUT2D eigenvalue weighted by Gasteiger charge is -2.38. The lowest BCUT2D eigenvalue weighted by atomic mass is 9.92. The second-order valence-corrected chi connectivity index (χ2v) is 7.11. The van der Waals surface area contributed by atoms with Crippen molar-refractivity contribution >= 4 is 23.2 Å². The lowest BCUT2D eigenvalue weighted by molar-refractivity contribution is 0.104. The van der Waals surface area contributed by atoms with Crippen LogP contribution in [0.3, 0.4) is 0 Å². The van der Waals surface area contributed by atoms with Crippen LogP contribution in [0.2, 0.25) is 10.0 Å². The molecule has 0 amide bonds. The molecular weight excluding hydrogens is 303 g/mol. The van der Waals surface area contributed by atoms with Gasteiger partial charge >= 0.3 is 0 Å². The molecule has 3 rings (SSSR count). The fourth-order valence-electron chi connectivity index (χ4n) is 3.76. The fraction of sp³-hybridized carbons (Fsp3) is 0.647. The van der Waals surface area contributed by atoms with E-state index in [1.54, 1.807) is 0 Å². The Hall–Kier alpha value is -0.280. The molecule has 1 saturated carbocycles. The Labute approximate surface area is 137 Å². The first-order valence-electron chi connectivity index (χ1n) is 8.15. The number of hydrogen-bond donors (Lipinski definition) is 1. The molecule has 1 N–H and O–H groups in total. The number of benzene rings is 1. The van der Waals surface area contributed by atoms with Gasteiger partial charge in [0.2, 0.25) is 0 Å². The van der Waals surface area contributed by atoms with E-state index in [4.69, 9.17) is 23.2 Å². The summed E-state index contributed by atoms with van der Waals surface area (Å²) in [6.07, 6.45) is 8.03. The van der Waals surface area contributed by atoms with E-state index in [0.717, 1.165) is 24.7 Å². The highest BCUT2D eigenvalue weighted by molar-refractivity contribution is 6.42. The number of rotatable bonds is 4. The Morgan fingerprint density at radius 1 is 1.05 bits per heavy atom. The first-order chi connectivity index (χ1) is 10.3. The smallest absolute Gasteiger partial charge is 0.0637 e. The zero-order valence-electron chi connectivity index (χ0n) is 12.5. The van der Waals surface area contributed by atoms with Gasteiger partial charge in [0.1, 0.15) is 0 Å². The number of nitrogens with zero attached hydrogens (tertiary/aromatic N) is 1. The van der Waals surface area contributed by atoms with Gasteiger partial charge in [0, 0.05) is 25.2 Å². The average Bonchev–Trinajstić information content (AvgIpc) is 3.04. The van der Waals surface area contributed by atoms with Gasteiger partial charge in [-0.3, -0.25) is 4.90 Å². The largest absolute Gasteiger partial charge is 0.315 e. The molecule has 1 atom stereocenters. The van der Waals surface area contributed by atoms with Crippen molar-refractivity contribution in [3.05, 3.63) is 33.8 Å². The Kier molecular flexibility index (Phi) is 5.44. The second kappa shape index (κ2) is 7.32. The first kappa shape index (κ1) is 15.6. The third-order valence-electron chi connectivity index (χ3n) is 4.93. The molecule has 0 aromatic heterocycles. The highest BCUT2D eigenvalue weighted by atomic mass is 35.5. The van der Waals surface area contributed by atoms with Crippen LogP contribution in [0.15, 0.2) is 18.2 Å². The van der Waals surface area contributed by atoms with E-state index < -0.39 is 0 Å². The molecule has 2 aliphatic rings.